The predicted octanol–water partition coefficient (Wildman–Crippen LogP) is 2.91. The molecule has 2 aliphatic carbocycles. The first-order valence-corrected chi connectivity index (χ1v) is 11.7. The van der Waals surface area contributed by atoms with E-state index in [4.69, 9.17) is 9.47 Å². The summed E-state index contributed by atoms with van der Waals surface area (Å²) < 4.78 is 10.8. The third-order valence-corrected chi connectivity index (χ3v) is 6.94. The van der Waals surface area contributed by atoms with Crippen LogP contribution in [0.3, 0.4) is 0 Å². The minimum atomic E-state index is -1.01. The molecule has 3 unspecified atom stereocenters. The highest BCUT2D eigenvalue weighted by molar-refractivity contribution is 5.86. The summed E-state index contributed by atoms with van der Waals surface area (Å²) >= 11 is 0. The van der Waals surface area contributed by atoms with Gasteiger partial charge in [0, 0.05) is 5.92 Å². The van der Waals surface area contributed by atoms with Gasteiger partial charge in [0.15, 0.2) is 0 Å². The summed E-state index contributed by atoms with van der Waals surface area (Å²) in [5.41, 5.74) is 4.52. The molecular formula is C26H28N2O6. The van der Waals surface area contributed by atoms with Crippen LogP contribution < -0.4 is 10.6 Å². The highest BCUT2D eigenvalue weighted by Crippen LogP contribution is 2.44. The quantitative estimate of drug-likeness (QED) is 0.554. The Morgan fingerprint density at radius 1 is 1.00 bits per heavy atom. The number of ether oxygens (including phenoxy) is 2. The monoisotopic (exact) mass is 464 g/mol. The highest BCUT2D eigenvalue weighted by atomic mass is 16.5. The van der Waals surface area contributed by atoms with Crippen molar-refractivity contribution < 1.29 is 29.0 Å². The van der Waals surface area contributed by atoms with Gasteiger partial charge in [-0.05, 0) is 34.6 Å². The Kier molecular flexibility index (Phi) is 6.24. The molecule has 0 bridgehead atoms. The number of alkyl carbamates (subject to hydrolysis) is 1. The normalized spacial score (nSPS) is 21.9. The summed E-state index contributed by atoms with van der Waals surface area (Å²) in [5, 5.41) is 14.8. The SMILES string of the molecule is O=C(NC(CC1CC1)C(=O)NC1COCC1C(=O)O)OCC1c2ccccc2-c2ccccc21. The van der Waals surface area contributed by atoms with Gasteiger partial charge in [-0.15, -0.1) is 0 Å². The molecule has 0 radical (unpaired) electrons. The molecular weight excluding hydrogens is 436 g/mol. The second-order valence-electron chi connectivity index (χ2n) is 9.30. The molecule has 1 aliphatic heterocycles. The molecule has 0 spiro atoms. The number of carbonyl (C=O) groups excluding carboxylic acids is 2. The van der Waals surface area contributed by atoms with E-state index in [1.54, 1.807) is 0 Å². The molecule has 2 amide bonds. The molecule has 2 aromatic carbocycles. The first kappa shape index (κ1) is 22.4. The van der Waals surface area contributed by atoms with Gasteiger partial charge in [0.25, 0.3) is 0 Å². The summed E-state index contributed by atoms with van der Waals surface area (Å²) in [6.45, 7) is 0.367. The van der Waals surface area contributed by atoms with Crippen molar-refractivity contribution in [2.75, 3.05) is 19.8 Å². The van der Waals surface area contributed by atoms with Gasteiger partial charge in [-0.1, -0.05) is 61.4 Å². The van der Waals surface area contributed by atoms with Crippen LogP contribution >= 0.6 is 0 Å². The Bertz CT molecular complexity index is 1050. The minimum absolute atomic E-state index is 0.0629. The molecule has 8 heteroatoms. The Balaban J connectivity index is 1.22. The van der Waals surface area contributed by atoms with Crippen LogP contribution in [0.5, 0.6) is 0 Å². The van der Waals surface area contributed by atoms with E-state index < -0.39 is 36.0 Å². The van der Waals surface area contributed by atoms with E-state index in [-0.39, 0.29) is 25.7 Å². The molecule has 3 aliphatic rings. The van der Waals surface area contributed by atoms with Crippen molar-refractivity contribution in [3.05, 3.63) is 59.7 Å². The fourth-order valence-corrected chi connectivity index (χ4v) is 4.92. The molecule has 34 heavy (non-hydrogen) atoms. The number of hydrogen-bond acceptors (Lipinski definition) is 5. The van der Waals surface area contributed by atoms with Crippen molar-refractivity contribution in [2.45, 2.75) is 37.3 Å². The number of carboxylic acids is 1. The molecule has 3 atom stereocenters. The number of aliphatic carboxylic acids is 1. The van der Waals surface area contributed by atoms with Gasteiger partial charge < -0.3 is 25.2 Å². The number of rotatable bonds is 8. The number of fused-ring (bicyclic) bond motifs is 3. The van der Waals surface area contributed by atoms with Crippen LogP contribution in [0.25, 0.3) is 11.1 Å². The average Bonchev–Trinajstić information content (AvgIpc) is 3.43. The van der Waals surface area contributed by atoms with Crippen molar-refractivity contribution in [1.29, 1.82) is 0 Å². The highest BCUT2D eigenvalue weighted by Gasteiger charge is 2.38. The lowest BCUT2D eigenvalue weighted by atomic mass is 9.98. The summed E-state index contributed by atoms with van der Waals surface area (Å²) in [7, 11) is 0. The Morgan fingerprint density at radius 2 is 1.65 bits per heavy atom. The van der Waals surface area contributed by atoms with Crippen LogP contribution in [-0.4, -0.2) is 55.0 Å². The second kappa shape index (κ2) is 9.46. The van der Waals surface area contributed by atoms with E-state index in [2.05, 4.69) is 22.8 Å². The summed E-state index contributed by atoms with van der Waals surface area (Å²) in [4.78, 5) is 37.0. The Morgan fingerprint density at radius 3 is 2.26 bits per heavy atom. The molecule has 3 N–H and O–H groups in total. The van der Waals surface area contributed by atoms with Crippen LogP contribution in [-0.2, 0) is 19.1 Å². The summed E-state index contributed by atoms with van der Waals surface area (Å²) in [5.74, 6) is -1.89. The van der Waals surface area contributed by atoms with Crippen molar-refractivity contribution >= 4 is 18.0 Å². The Hall–Kier alpha value is -3.39. The lowest BCUT2D eigenvalue weighted by molar-refractivity contribution is -0.142. The van der Waals surface area contributed by atoms with E-state index >= 15 is 0 Å². The van der Waals surface area contributed by atoms with Gasteiger partial charge in [0.05, 0.1) is 19.3 Å². The predicted molar refractivity (Wildman–Crippen MR) is 123 cm³/mol. The molecule has 1 saturated carbocycles. The molecule has 178 valence electrons. The molecule has 1 saturated heterocycles. The zero-order valence-corrected chi connectivity index (χ0v) is 18.7. The van der Waals surface area contributed by atoms with Crippen molar-refractivity contribution in [1.82, 2.24) is 10.6 Å². The van der Waals surface area contributed by atoms with Crippen LogP contribution in [0, 0.1) is 11.8 Å². The van der Waals surface area contributed by atoms with Crippen LogP contribution in [0.1, 0.15) is 36.3 Å². The lowest BCUT2D eigenvalue weighted by Gasteiger charge is -2.22. The van der Waals surface area contributed by atoms with Crippen LogP contribution in [0.15, 0.2) is 48.5 Å². The maximum absolute atomic E-state index is 12.9. The van der Waals surface area contributed by atoms with Crippen molar-refractivity contribution in [3.63, 3.8) is 0 Å². The van der Waals surface area contributed by atoms with Crippen LogP contribution in [0.2, 0.25) is 0 Å². The molecule has 2 fully saturated rings. The van der Waals surface area contributed by atoms with Crippen molar-refractivity contribution in [2.24, 2.45) is 11.8 Å². The summed E-state index contributed by atoms with van der Waals surface area (Å²) in [6, 6.07) is 14.8. The molecule has 8 nitrogen and oxygen atoms in total. The fourth-order valence-electron chi connectivity index (χ4n) is 4.92. The van der Waals surface area contributed by atoms with Crippen LogP contribution in [0.4, 0.5) is 4.79 Å². The first-order chi connectivity index (χ1) is 16.5. The number of hydrogen-bond donors (Lipinski definition) is 3. The van der Waals surface area contributed by atoms with Gasteiger partial charge in [-0.2, -0.15) is 0 Å². The largest absolute Gasteiger partial charge is 0.481 e. The van der Waals surface area contributed by atoms with Gasteiger partial charge in [0.1, 0.15) is 18.6 Å². The fraction of sp³-hybridized carbons (Fsp3) is 0.423. The standard InChI is InChI=1S/C26H28N2O6/c29-24(27-23-14-33-12-21(23)25(30)31)22(11-15-9-10-15)28-26(32)34-13-20-18-7-3-1-5-16(18)17-6-2-4-8-19(17)20/h1-8,15,20-23H,9-14H2,(H,27,29)(H,28,32)(H,30,31). The summed E-state index contributed by atoms with van der Waals surface area (Å²) in [6.07, 6.45) is 1.88. The number of carbonyl (C=O) groups is 3. The average molecular weight is 465 g/mol. The molecule has 1 heterocycles. The number of benzene rings is 2. The van der Waals surface area contributed by atoms with E-state index in [1.807, 2.05) is 36.4 Å². The molecule has 5 rings (SSSR count). The maximum atomic E-state index is 12.9. The van der Waals surface area contributed by atoms with Gasteiger partial charge in [-0.3, -0.25) is 9.59 Å². The third-order valence-electron chi connectivity index (χ3n) is 6.94. The third kappa shape index (κ3) is 4.63. The minimum Gasteiger partial charge on any atom is -0.481 e. The number of nitrogens with one attached hydrogen (secondary N) is 2. The van der Waals surface area contributed by atoms with E-state index in [9.17, 15) is 19.5 Å². The topological polar surface area (TPSA) is 114 Å². The molecule has 2 aromatic rings. The number of carboxylic acid groups (broad SMARTS) is 1. The zero-order chi connectivity index (χ0) is 23.7. The Labute approximate surface area is 197 Å². The van der Waals surface area contributed by atoms with E-state index in [0.717, 1.165) is 35.1 Å². The first-order valence-electron chi connectivity index (χ1n) is 11.7. The second-order valence-corrected chi connectivity index (χ2v) is 9.30. The smallest absolute Gasteiger partial charge is 0.407 e. The number of amides is 2. The van der Waals surface area contributed by atoms with Gasteiger partial charge >= 0.3 is 12.1 Å². The lowest BCUT2D eigenvalue weighted by Crippen LogP contribution is -2.52. The van der Waals surface area contributed by atoms with E-state index in [0.29, 0.717) is 12.3 Å². The van der Waals surface area contributed by atoms with Crippen molar-refractivity contribution in [3.8, 4) is 11.1 Å². The van der Waals surface area contributed by atoms with E-state index in [1.165, 1.54) is 0 Å². The maximum Gasteiger partial charge on any atom is 0.407 e. The van der Waals surface area contributed by atoms with Gasteiger partial charge in [-0.25, -0.2) is 4.79 Å². The molecule has 0 aromatic heterocycles. The zero-order valence-electron chi connectivity index (χ0n) is 18.7. The van der Waals surface area contributed by atoms with Gasteiger partial charge in [0.2, 0.25) is 5.91 Å².